The van der Waals surface area contributed by atoms with Crippen molar-refractivity contribution in [2.75, 3.05) is 10.7 Å². The fourth-order valence-electron chi connectivity index (χ4n) is 3.51. The highest BCUT2D eigenvalue weighted by atomic mass is 35.5. The van der Waals surface area contributed by atoms with Gasteiger partial charge in [0.05, 0.1) is 22.8 Å². The van der Waals surface area contributed by atoms with Crippen LogP contribution in [-0.2, 0) is 10.5 Å². The van der Waals surface area contributed by atoms with Crippen LogP contribution >= 0.6 is 58.5 Å². The highest BCUT2D eigenvalue weighted by Gasteiger charge is 2.28. The molecule has 4 aromatic rings. The number of amides is 1. The summed E-state index contributed by atoms with van der Waals surface area (Å²) >= 11 is 16.6. The molecule has 1 aliphatic heterocycles. The molecule has 10 heteroatoms. The van der Waals surface area contributed by atoms with Crippen molar-refractivity contribution in [3.8, 4) is 0 Å². The van der Waals surface area contributed by atoms with Gasteiger partial charge in [0.15, 0.2) is 5.16 Å². The predicted molar refractivity (Wildman–Crippen MR) is 146 cm³/mol. The van der Waals surface area contributed by atoms with Crippen molar-refractivity contribution in [2.45, 2.75) is 25.6 Å². The molecule has 0 unspecified atom stereocenters. The van der Waals surface area contributed by atoms with E-state index in [1.54, 1.807) is 34.5 Å². The molecule has 5 nitrogen and oxygen atoms in total. The van der Waals surface area contributed by atoms with E-state index in [0.717, 1.165) is 26.1 Å². The van der Waals surface area contributed by atoms with Crippen LogP contribution in [0.5, 0.6) is 0 Å². The van der Waals surface area contributed by atoms with Crippen LogP contribution in [0.2, 0.25) is 10.0 Å². The third-order valence-electron chi connectivity index (χ3n) is 5.04. The largest absolute Gasteiger partial charge is 0.301 e. The molecule has 2 heterocycles. The molecule has 0 radical (unpaired) electrons. The molecule has 0 bridgehead atoms. The second-order valence-corrected chi connectivity index (χ2v) is 11.5. The summed E-state index contributed by atoms with van der Waals surface area (Å²) in [6, 6.07) is 22.3. The van der Waals surface area contributed by atoms with E-state index in [2.05, 4.69) is 9.97 Å². The number of aromatic amines is 1. The lowest BCUT2D eigenvalue weighted by Crippen LogP contribution is -2.30. The lowest BCUT2D eigenvalue weighted by Gasteiger charge is -2.31. The fourth-order valence-corrected chi connectivity index (χ4v) is 6.37. The summed E-state index contributed by atoms with van der Waals surface area (Å²) in [6.07, 6.45) is 0. The zero-order valence-corrected chi connectivity index (χ0v) is 22.0. The van der Waals surface area contributed by atoms with Gasteiger partial charge in [0, 0.05) is 36.6 Å². The van der Waals surface area contributed by atoms with Gasteiger partial charge in [-0.2, -0.15) is 0 Å². The minimum absolute atomic E-state index is 0.0989. The number of hydrogen-bond acceptors (Lipinski definition) is 6. The lowest BCUT2D eigenvalue weighted by molar-refractivity contribution is -0.115. The normalized spacial score (nSPS) is 12.2. The number of carbonyl (C=O) groups excluding carboxylic acids is 1. The Kier molecular flexibility index (Phi) is 7.45. The van der Waals surface area contributed by atoms with Crippen molar-refractivity contribution in [1.82, 2.24) is 9.97 Å². The predicted octanol–water partition coefficient (Wildman–Crippen LogP) is 7.29. The third-order valence-corrected chi connectivity index (χ3v) is 8.56. The zero-order chi connectivity index (χ0) is 24.4. The average molecular weight is 559 g/mol. The number of hydrogen-bond donors (Lipinski definition) is 1. The molecule has 1 amide bonds. The Labute approximate surface area is 224 Å². The first-order valence-corrected chi connectivity index (χ1v) is 14.0. The Morgan fingerprint density at radius 3 is 2.49 bits per heavy atom. The van der Waals surface area contributed by atoms with Crippen LogP contribution in [0, 0.1) is 0 Å². The van der Waals surface area contributed by atoms with E-state index in [1.807, 2.05) is 60.7 Å². The third kappa shape index (κ3) is 5.73. The molecule has 35 heavy (non-hydrogen) atoms. The van der Waals surface area contributed by atoms with Gasteiger partial charge in [0.2, 0.25) is 5.91 Å². The molecule has 176 valence electrons. The van der Waals surface area contributed by atoms with Gasteiger partial charge in [-0.15, -0.1) is 11.8 Å². The summed E-state index contributed by atoms with van der Waals surface area (Å²) in [7, 11) is 0. The number of fused-ring (bicyclic) bond motifs is 2. The Morgan fingerprint density at radius 1 is 0.914 bits per heavy atom. The first-order chi connectivity index (χ1) is 17.0. The minimum Gasteiger partial charge on any atom is -0.301 e. The number of carbonyl (C=O) groups is 1. The van der Waals surface area contributed by atoms with Crippen LogP contribution in [-0.4, -0.2) is 21.6 Å². The summed E-state index contributed by atoms with van der Waals surface area (Å²) in [5.74, 6) is 0.493. The molecular weight excluding hydrogens is 541 g/mol. The maximum absolute atomic E-state index is 13.4. The van der Waals surface area contributed by atoms with Crippen LogP contribution < -0.4 is 10.5 Å². The number of thioether (sulfide) groups is 2. The van der Waals surface area contributed by atoms with Gasteiger partial charge in [0.1, 0.15) is 0 Å². The van der Waals surface area contributed by atoms with Gasteiger partial charge in [-0.25, -0.2) is 4.98 Å². The molecule has 1 N–H and O–H groups in total. The number of H-pyrrole nitrogens is 1. The van der Waals surface area contributed by atoms with Gasteiger partial charge in [0.25, 0.3) is 5.56 Å². The van der Waals surface area contributed by atoms with Crippen molar-refractivity contribution in [3.63, 3.8) is 0 Å². The van der Waals surface area contributed by atoms with E-state index in [9.17, 15) is 9.59 Å². The minimum atomic E-state index is -0.251. The topological polar surface area (TPSA) is 66.1 Å². The van der Waals surface area contributed by atoms with Crippen molar-refractivity contribution in [2.24, 2.45) is 0 Å². The molecule has 3 aromatic carbocycles. The van der Waals surface area contributed by atoms with E-state index in [4.69, 9.17) is 23.2 Å². The number of rotatable bonds is 6. The summed E-state index contributed by atoms with van der Waals surface area (Å²) in [5.41, 5.74) is 1.95. The standard InChI is InChI=1S/C25H17Cl2N3O2S3/c26-15-5-8-18(9-6-15)33-13-17-12-23(31)29-25(28-17)34-14-24(32)30-19-3-1-2-4-21(19)35-22-10-7-16(27)11-20(22)30/h1-12H,13-14H2,(H,28,29,31). The SMILES string of the molecule is O=C(CSc1nc(CSc2ccc(Cl)cc2)cc(=O)[nH]1)N1c2ccccc2Sc2ccc(Cl)cc21. The van der Waals surface area contributed by atoms with Crippen molar-refractivity contribution >= 4 is 75.8 Å². The van der Waals surface area contributed by atoms with Crippen LogP contribution in [0.4, 0.5) is 11.4 Å². The Bertz CT molecular complexity index is 1460. The highest BCUT2D eigenvalue weighted by molar-refractivity contribution is 8.00. The molecule has 5 rings (SSSR count). The average Bonchev–Trinajstić information content (AvgIpc) is 2.85. The van der Waals surface area contributed by atoms with E-state index in [-0.39, 0.29) is 17.2 Å². The summed E-state index contributed by atoms with van der Waals surface area (Å²) in [4.78, 5) is 37.6. The molecular formula is C25H17Cl2N3O2S3. The van der Waals surface area contributed by atoms with Crippen LogP contribution in [0.25, 0.3) is 0 Å². The quantitative estimate of drug-likeness (QED) is 0.198. The van der Waals surface area contributed by atoms with Gasteiger partial charge in [-0.05, 0) is 54.6 Å². The fraction of sp³-hybridized carbons (Fsp3) is 0.0800. The smallest absolute Gasteiger partial charge is 0.251 e. The van der Waals surface area contributed by atoms with E-state index in [1.165, 1.54) is 17.8 Å². The highest BCUT2D eigenvalue weighted by Crippen LogP contribution is 2.49. The van der Waals surface area contributed by atoms with Crippen molar-refractivity contribution in [1.29, 1.82) is 0 Å². The molecule has 0 aliphatic carbocycles. The number of aromatic nitrogens is 2. The van der Waals surface area contributed by atoms with Crippen LogP contribution in [0.15, 0.2) is 97.4 Å². The Hall–Kier alpha value is -2.36. The first-order valence-electron chi connectivity index (χ1n) is 10.5. The second-order valence-electron chi connectivity index (χ2n) is 7.48. The molecule has 0 saturated heterocycles. The van der Waals surface area contributed by atoms with Gasteiger partial charge >= 0.3 is 0 Å². The van der Waals surface area contributed by atoms with Gasteiger partial charge < -0.3 is 4.98 Å². The number of para-hydroxylation sites is 1. The Morgan fingerprint density at radius 2 is 1.66 bits per heavy atom. The number of halogens is 2. The van der Waals surface area contributed by atoms with Crippen molar-refractivity contribution in [3.05, 3.63) is 98.9 Å². The maximum atomic E-state index is 13.4. The molecule has 0 spiro atoms. The second kappa shape index (κ2) is 10.7. The molecule has 1 aromatic heterocycles. The summed E-state index contributed by atoms with van der Waals surface area (Å²) < 4.78 is 0. The zero-order valence-electron chi connectivity index (χ0n) is 18.0. The van der Waals surface area contributed by atoms with Gasteiger partial charge in [-0.1, -0.05) is 58.9 Å². The molecule has 0 fully saturated rings. The lowest BCUT2D eigenvalue weighted by atomic mass is 10.2. The number of nitrogens with zero attached hydrogens (tertiary/aromatic N) is 2. The number of anilines is 2. The number of benzene rings is 3. The summed E-state index contributed by atoms with van der Waals surface area (Å²) in [6.45, 7) is 0. The summed E-state index contributed by atoms with van der Waals surface area (Å²) in [5, 5.41) is 1.64. The first kappa shape index (κ1) is 24.3. The van der Waals surface area contributed by atoms with E-state index >= 15 is 0 Å². The van der Waals surface area contributed by atoms with Crippen LogP contribution in [0.3, 0.4) is 0 Å². The maximum Gasteiger partial charge on any atom is 0.251 e. The van der Waals surface area contributed by atoms with E-state index < -0.39 is 0 Å². The number of nitrogens with one attached hydrogen (secondary N) is 1. The van der Waals surface area contributed by atoms with E-state index in [0.29, 0.717) is 26.6 Å². The molecule has 1 aliphatic rings. The molecule has 0 atom stereocenters. The monoisotopic (exact) mass is 557 g/mol. The van der Waals surface area contributed by atoms with Gasteiger partial charge in [-0.3, -0.25) is 14.5 Å². The Balaban J connectivity index is 1.33. The van der Waals surface area contributed by atoms with Crippen molar-refractivity contribution < 1.29 is 4.79 Å². The van der Waals surface area contributed by atoms with Crippen LogP contribution in [0.1, 0.15) is 5.69 Å². The molecule has 0 saturated carbocycles.